The summed E-state index contributed by atoms with van der Waals surface area (Å²) in [5.74, 6) is -4.02. The van der Waals surface area contributed by atoms with Gasteiger partial charge in [0.1, 0.15) is 12.7 Å². The minimum absolute atomic E-state index is 0.781. The molecule has 0 saturated carbocycles. The van der Waals surface area contributed by atoms with Gasteiger partial charge in [-0.15, -0.1) is 0 Å². The number of esters is 2. The Kier molecular flexibility index (Phi) is 4.53. The van der Waals surface area contributed by atoms with Gasteiger partial charge in [-0.1, -0.05) is 0 Å². The van der Waals surface area contributed by atoms with Gasteiger partial charge in [-0.3, -0.25) is 4.79 Å². The first-order valence-corrected chi connectivity index (χ1v) is 4.04. The van der Waals surface area contributed by atoms with Crippen molar-refractivity contribution in [2.24, 2.45) is 0 Å². The lowest BCUT2D eigenvalue weighted by atomic mass is 10.0. The Bertz CT molecular complexity index is 279. The number of ketones is 1. The predicted molar refractivity (Wildman–Crippen MR) is 45.5 cm³/mol. The summed E-state index contributed by atoms with van der Waals surface area (Å²) >= 11 is 0. The Morgan fingerprint density at radius 1 is 1.40 bits per heavy atom. The van der Waals surface area contributed by atoms with Gasteiger partial charge >= 0.3 is 11.9 Å². The Hall–Kier alpha value is -1.31. The molecular weight excluding hydrogens is 208 g/mol. The van der Waals surface area contributed by atoms with E-state index in [0.29, 0.717) is 0 Å². The molecule has 0 aliphatic heterocycles. The molecule has 0 aromatic heterocycles. The number of ether oxygens (including phenoxy) is 1. The Labute approximate surface area is 85.3 Å². The van der Waals surface area contributed by atoms with Gasteiger partial charge in [0.25, 0.3) is 0 Å². The molecule has 0 fully saturated rings. The number of Topliss-reactive ketones (excluding diaryl/α,β-unsaturated/α-hetero) is 1. The van der Waals surface area contributed by atoms with Crippen LogP contribution in [0.1, 0.15) is 13.8 Å². The van der Waals surface area contributed by atoms with Crippen LogP contribution in [0.15, 0.2) is 0 Å². The van der Waals surface area contributed by atoms with Crippen molar-refractivity contribution < 1.29 is 34.4 Å². The largest absolute Gasteiger partial charge is 0.389 e. The molecule has 7 nitrogen and oxygen atoms in total. The molecule has 86 valence electrons. The second kappa shape index (κ2) is 4.96. The predicted octanol–water partition coefficient (Wildman–Crippen LogP) is -2.25. The summed E-state index contributed by atoms with van der Waals surface area (Å²) in [6.07, 6.45) is -1.55. The standard InChI is InChI=1S/C8H12O7/c1-4(10)6(12)15-7(13)8(2,14)5(11)3-9/h4,9-10,14H,3H2,1-2H3. The fourth-order valence-corrected chi connectivity index (χ4v) is 0.544. The van der Waals surface area contributed by atoms with Crippen LogP contribution in [0.4, 0.5) is 0 Å². The normalized spacial score (nSPS) is 16.3. The maximum absolute atomic E-state index is 11.0. The average Bonchev–Trinajstić information content (AvgIpc) is 2.15. The Morgan fingerprint density at radius 3 is 2.20 bits per heavy atom. The van der Waals surface area contributed by atoms with Crippen LogP contribution in [0.2, 0.25) is 0 Å². The SMILES string of the molecule is CC(O)C(=O)OC(=O)C(C)(O)C(=O)CO. The molecule has 0 spiro atoms. The van der Waals surface area contributed by atoms with Crippen LogP contribution < -0.4 is 0 Å². The maximum atomic E-state index is 11.0. The first-order valence-electron chi connectivity index (χ1n) is 4.04. The van der Waals surface area contributed by atoms with Gasteiger partial charge in [0.05, 0.1) is 0 Å². The summed E-state index contributed by atoms with van der Waals surface area (Å²) in [5.41, 5.74) is -2.60. The Balaban J connectivity index is 4.58. The van der Waals surface area contributed by atoms with E-state index in [1.807, 2.05) is 0 Å². The summed E-state index contributed by atoms with van der Waals surface area (Å²) in [6.45, 7) is 0.770. The zero-order valence-electron chi connectivity index (χ0n) is 8.26. The first-order chi connectivity index (χ1) is 6.73. The highest BCUT2D eigenvalue weighted by molar-refractivity contribution is 6.09. The zero-order valence-corrected chi connectivity index (χ0v) is 8.26. The molecule has 0 radical (unpaired) electrons. The first kappa shape index (κ1) is 13.7. The molecule has 0 rings (SSSR count). The lowest BCUT2D eigenvalue weighted by molar-refractivity contribution is -0.179. The molecule has 0 aromatic rings. The summed E-state index contributed by atoms with van der Waals surface area (Å²) in [4.78, 5) is 32.6. The highest BCUT2D eigenvalue weighted by Gasteiger charge is 2.41. The number of carbonyl (C=O) groups is 3. The van der Waals surface area contributed by atoms with Crippen molar-refractivity contribution in [3.8, 4) is 0 Å². The minimum Gasteiger partial charge on any atom is -0.389 e. The summed E-state index contributed by atoms with van der Waals surface area (Å²) in [7, 11) is 0. The molecular formula is C8H12O7. The van der Waals surface area contributed by atoms with Crippen LogP contribution >= 0.6 is 0 Å². The smallest absolute Gasteiger partial charge is 0.353 e. The van der Waals surface area contributed by atoms with Crippen molar-refractivity contribution in [3.63, 3.8) is 0 Å². The van der Waals surface area contributed by atoms with Crippen LogP contribution in [0, 0.1) is 0 Å². The fourth-order valence-electron chi connectivity index (χ4n) is 0.544. The number of hydrogen-bond donors (Lipinski definition) is 3. The Morgan fingerprint density at radius 2 is 1.87 bits per heavy atom. The van der Waals surface area contributed by atoms with Crippen LogP contribution in [-0.2, 0) is 19.1 Å². The van der Waals surface area contributed by atoms with Crippen molar-refractivity contribution in [1.29, 1.82) is 0 Å². The minimum atomic E-state index is -2.60. The zero-order chi connectivity index (χ0) is 12.2. The molecule has 7 heteroatoms. The third-order valence-electron chi connectivity index (χ3n) is 1.62. The van der Waals surface area contributed by atoms with Crippen molar-refractivity contribution in [2.75, 3.05) is 6.61 Å². The van der Waals surface area contributed by atoms with Gasteiger partial charge in [0.2, 0.25) is 11.4 Å². The molecule has 0 heterocycles. The third kappa shape index (κ3) is 3.39. The highest BCUT2D eigenvalue weighted by atomic mass is 16.6. The van der Waals surface area contributed by atoms with E-state index in [-0.39, 0.29) is 0 Å². The van der Waals surface area contributed by atoms with Crippen molar-refractivity contribution in [3.05, 3.63) is 0 Å². The molecule has 0 aromatic carbocycles. The molecule has 2 unspecified atom stereocenters. The van der Waals surface area contributed by atoms with Gasteiger partial charge in [0, 0.05) is 0 Å². The molecule has 0 saturated heterocycles. The van der Waals surface area contributed by atoms with E-state index in [4.69, 9.17) is 10.2 Å². The highest BCUT2D eigenvalue weighted by Crippen LogP contribution is 2.08. The van der Waals surface area contributed by atoms with E-state index in [2.05, 4.69) is 4.74 Å². The van der Waals surface area contributed by atoms with Gasteiger partial charge in [0.15, 0.2) is 0 Å². The van der Waals surface area contributed by atoms with E-state index < -0.39 is 36.0 Å². The van der Waals surface area contributed by atoms with Crippen LogP contribution in [-0.4, -0.2) is 51.4 Å². The van der Waals surface area contributed by atoms with Crippen LogP contribution in [0.5, 0.6) is 0 Å². The topological polar surface area (TPSA) is 121 Å². The van der Waals surface area contributed by atoms with Crippen LogP contribution in [0.3, 0.4) is 0 Å². The number of hydrogen-bond acceptors (Lipinski definition) is 7. The lowest BCUT2D eigenvalue weighted by Crippen LogP contribution is -2.47. The van der Waals surface area contributed by atoms with E-state index in [1.165, 1.54) is 0 Å². The van der Waals surface area contributed by atoms with Crippen molar-refractivity contribution in [1.82, 2.24) is 0 Å². The molecule has 0 aliphatic carbocycles. The lowest BCUT2D eigenvalue weighted by Gasteiger charge is -2.18. The second-order valence-electron chi connectivity index (χ2n) is 3.04. The molecule has 3 N–H and O–H groups in total. The quantitative estimate of drug-likeness (QED) is 0.361. The monoisotopic (exact) mass is 220 g/mol. The summed E-state index contributed by atoms with van der Waals surface area (Å²) in [6, 6.07) is 0. The maximum Gasteiger partial charge on any atom is 0.353 e. The summed E-state index contributed by atoms with van der Waals surface area (Å²) < 4.78 is 3.99. The van der Waals surface area contributed by atoms with E-state index in [9.17, 15) is 19.5 Å². The van der Waals surface area contributed by atoms with Gasteiger partial charge in [-0.25, -0.2) is 9.59 Å². The van der Waals surface area contributed by atoms with Gasteiger partial charge in [-0.05, 0) is 13.8 Å². The van der Waals surface area contributed by atoms with Crippen LogP contribution in [0.25, 0.3) is 0 Å². The number of aliphatic hydroxyl groups excluding tert-OH is 2. The molecule has 15 heavy (non-hydrogen) atoms. The molecule has 0 bridgehead atoms. The van der Waals surface area contributed by atoms with E-state index in [1.54, 1.807) is 0 Å². The average molecular weight is 220 g/mol. The van der Waals surface area contributed by atoms with Crippen molar-refractivity contribution in [2.45, 2.75) is 25.6 Å². The van der Waals surface area contributed by atoms with E-state index >= 15 is 0 Å². The van der Waals surface area contributed by atoms with Gasteiger partial charge in [-0.2, -0.15) is 0 Å². The number of carbonyl (C=O) groups excluding carboxylic acids is 3. The molecule has 0 aliphatic rings. The molecule has 2 atom stereocenters. The molecule has 0 amide bonds. The van der Waals surface area contributed by atoms with Gasteiger partial charge < -0.3 is 20.1 Å². The number of rotatable bonds is 4. The summed E-state index contributed by atoms with van der Waals surface area (Å²) in [5, 5.41) is 26.4. The number of aliphatic hydroxyl groups is 3. The van der Waals surface area contributed by atoms with E-state index in [0.717, 1.165) is 13.8 Å². The fraction of sp³-hybridized carbons (Fsp3) is 0.625. The third-order valence-corrected chi connectivity index (χ3v) is 1.62. The van der Waals surface area contributed by atoms with Crippen molar-refractivity contribution >= 4 is 17.7 Å². The second-order valence-corrected chi connectivity index (χ2v) is 3.04.